The molecular weight excluding hydrogens is 540 g/mol. The van der Waals surface area contributed by atoms with Gasteiger partial charge in [-0.05, 0) is 37.3 Å². The first-order chi connectivity index (χ1) is 21.0. The highest BCUT2D eigenvalue weighted by Gasteiger charge is 2.23. The Morgan fingerprint density at radius 1 is 0.953 bits per heavy atom. The molecule has 0 spiro atoms. The van der Waals surface area contributed by atoms with Gasteiger partial charge < -0.3 is 10.0 Å². The number of aliphatic hydroxyl groups is 1. The Morgan fingerprint density at radius 2 is 1.67 bits per heavy atom. The zero-order chi connectivity index (χ0) is 30.2. The second kappa shape index (κ2) is 14.6. The summed E-state index contributed by atoms with van der Waals surface area (Å²) in [6.45, 7) is 6.50. The van der Waals surface area contributed by atoms with Gasteiger partial charge in [-0.25, -0.2) is 10.0 Å². The molecule has 228 valence electrons. The van der Waals surface area contributed by atoms with Crippen LogP contribution in [0.2, 0.25) is 0 Å². The van der Waals surface area contributed by atoms with E-state index >= 15 is 0 Å². The Balaban J connectivity index is 1.34. The number of carbonyl (C=O) groups is 1. The van der Waals surface area contributed by atoms with Gasteiger partial charge in [0.25, 0.3) is 0 Å². The normalized spacial score (nSPS) is 14.0. The van der Waals surface area contributed by atoms with Gasteiger partial charge in [0.2, 0.25) is 5.91 Å². The van der Waals surface area contributed by atoms with Gasteiger partial charge in [-0.2, -0.15) is 9.61 Å². The molecule has 0 saturated carbocycles. The molecule has 0 bridgehead atoms. The first-order valence-corrected chi connectivity index (χ1v) is 15.4. The van der Waals surface area contributed by atoms with E-state index in [1.807, 2.05) is 10.6 Å². The Hall–Kier alpha value is -3.79. The standard InChI is InChI=1S/C34H44N6O3/c1-26-33(29-12-8-6-9-13-29)34-35-30(25-31(40(34)36-26)39-21-19-38(20-22-39)23-24-41)28-17-15-27(16-18-28)11-7-4-5-10-14-32(42)37(2)43-3/h6,8-9,12-13,15-18,25,41H,4-5,7,10-11,14,19-24H2,1-3H3. The minimum absolute atomic E-state index is 0.0268. The summed E-state index contributed by atoms with van der Waals surface area (Å²) in [4.78, 5) is 26.7. The molecule has 9 nitrogen and oxygen atoms in total. The van der Waals surface area contributed by atoms with Crippen LogP contribution in [0.5, 0.6) is 0 Å². The highest BCUT2D eigenvalue weighted by Crippen LogP contribution is 2.33. The number of carbonyl (C=O) groups excluding carboxylic acids is 1. The number of nitrogens with zero attached hydrogens (tertiary/aromatic N) is 6. The van der Waals surface area contributed by atoms with Crippen molar-refractivity contribution in [2.24, 2.45) is 0 Å². The zero-order valence-electron chi connectivity index (χ0n) is 25.7. The smallest absolute Gasteiger partial charge is 0.245 e. The topological polar surface area (TPSA) is 86.4 Å². The molecule has 1 aliphatic rings. The van der Waals surface area contributed by atoms with Gasteiger partial charge in [-0.15, -0.1) is 0 Å². The van der Waals surface area contributed by atoms with Crippen molar-refractivity contribution in [2.45, 2.75) is 45.4 Å². The van der Waals surface area contributed by atoms with E-state index in [0.717, 1.165) is 97.8 Å². The fourth-order valence-electron chi connectivity index (χ4n) is 5.83. The van der Waals surface area contributed by atoms with Crippen molar-refractivity contribution >= 4 is 17.4 Å². The van der Waals surface area contributed by atoms with Crippen LogP contribution in [-0.4, -0.2) is 89.1 Å². The summed E-state index contributed by atoms with van der Waals surface area (Å²) in [6, 6.07) is 21.4. The summed E-state index contributed by atoms with van der Waals surface area (Å²) < 4.78 is 2.01. The number of hydrogen-bond acceptors (Lipinski definition) is 7. The molecule has 0 atom stereocenters. The number of β-amino-alcohol motifs (C(OH)–C–C–N with tert-alkyl or cyclic N) is 1. The number of anilines is 1. The maximum atomic E-state index is 11.9. The van der Waals surface area contributed by atoms with Gasteiger partial charge in [0.1, 0.15) is 5.82 Å². The van der Waals surface area contributed by atoms with E-state index in [1.165, 1.54) is 17.7 Å². The molecule has 1 amide bonds. The average Bonchev–Trinajstić information content (AvgIpc) is 3.38. The molecule has 2 aromatic carbocycles. The molecule has 0 unspecified atom stereocenters. The van der Waals surface area contributed by atoms with Gasteiger partial charge in [-0.3, -0.25) is 14.5 Å². The van der Waals surface area contributed by atoms with Gasteiger partial charge >= 0.3 is 0 Å². The van der Waals surface area contributed by atoms with Crippen molar-refractivity contribution in [2.75, 3.05) is 58.4 Å². The molecule has 0 radical (unpaired) electrons. The summed E-state index contributed by atoms with van der Waals surface area (Å²) in [5, 5.41) is 15.7. The third kappa shape index (κ3) is 7.41. The van der Waals surface area contributed by atoms with E-state index in [4.69, 9.17) is 14.9 Å². The lowest BCUT2D eigenvalue weighted by molar-refractivity contribution is -0.168. The van der Waals surface area contributed by atoms with Crippen molar-refractivity contribution in [3.05, 3.63) is 71.9 Å². The predicted octanol–water partition coefficient (Wildman–Crippen LogP) is 5.00. The van der Waals surface area contributed by atoms with Crippen LogP contribution in [0.4, 0.5) is 5.82 Å². The lowest BCUT2D eigenvalue weighted by atomic mass is 10.0. The number of hydrogen-bond donors (Lipinski definition) is 1. The van der Waals surface area contributed by atoms with Gasteiger partial charge in [0, 0.05) is 63.4 Å². The molecule has 1 saturated heterocycles. The number of fused-ring (bicyclic) bond motifs is 1. The number of aryl methyl sites for hydroxylation is 2. The fraction of sp³-hybridized carbons (Fsp3) is 0.441. The van der Waals surface area contributed by atoms with Crippen LogP contribution >= 0.6 is 0 Å². The minimum atomic E-state index is 0.0268. The summed E-state index contributed by atoms with van der Waals surface area (Å²) in [5.74, 6) is 1.08. The second-order valence-corrected chi connectivity index (χ2v) is 11.3. The maximum Gasteiger partial charge on any atom is 0.245 e. The van der Waals surface area contributed by atoms with Crippen molar-refractivity contribution in [1.82, 2.24) is 24.6 Å². The molecule has 0 aliphatic carbocycles. The van der Waals surface area contributed by atoms with E-state index in [2.05, 4.69) is 71.3 Å². The van der Waals surface area contributed by atoms with Crippen LogP contribution in [0.3, 0.4) is 0 Å². The number of piperazine rings is 1. The van der Waals surface area contributed by atoms with Crippen molar-refractivity contribution < 1.29 is 14.7 Å². The molecule has 3 heterocycles. The Kier molecular flexibility index (Phi) is 10.4. The number of rotatable bonds is 13. The van der Waals surface area contributed by atoms with E-state index < -0.39 is 0 Å². The molecule has 1 aliphatic heterocycles. The molecule has 5 rings (SSSR count). The molecule has 4 aromatic rings. The molecule has 1 N–H and O–H groups in total. The monoisotopic (exact) mass is 584 g/mol. The second-order valence-electron chi connectivity index (χ2n) is 11.3. The van der Waals surface area contributed by atoms with Gasteiger partial charge in [0.05, 0.1) is 25.1 Å². The molecule has 1 fully saturated rings. The van der Waals surface area contributed by atoms with Crippen molar-refractivity contribution in [3.8, 4) is 22.4 Å². The third-order valence-electron chi connectivity index (χ3n) is 8.40. The van der Waals surface area contributed by atoms with Crippen molar-refractivity contribution in [3.63, 3.8) is 0 Å². The summed E-state index contributed by atoms with van der Waals surface area (Å²) in [6.07, 6.45) is 5.66. The van der Waals surface area contributed by atoms with Crippen LogP contribution < -0.4 is 4.90 Å². The van der Waals surface area contributed by atoms with Gasteiger partial charge in [-0.1, -0.05) is 67.4 Å². The summed E-state index contributed by atoms with van der Waals surface area (Å²) in [5.41, 5.74) is 7.35. The number of amides is 1. The van der Waals surface area contributed by atoms with E-state index in [1.54, 1.807) is 7.05 Å². The zero-order valence-corrected chi connectivity index (χ0v) is 25.7. The Morgan fingerprint density at radius 3 is 2.37 bits per heavy atom. The average molecular weight is 585 g/mol. The molecule has 43 heavy (non-hydrogen) atoms. The lowest BCUT2D eigenvalue weighted by Gasteiger charge is -2.35. The lowest BCUT2D eigenvalue weighted by Crippen LogP contribution is -2.47. The number of aromatic nitrogens is 3. The number of aliphatic hydroxyl groups excluding tert-OH is 1. The van der Waals surface area contributed by atoms with Crippen LogP contribution in [0.15, 0.2) is 60.7 Å². The molecular formula is C34H44N6O3. The Bertz CT molecular complexity index is 1480. The SMILES string of the molecule is CON(C)C(=O)CCCCCCc1ccc(-c2cc(N3CCN(CCO)CC3)n3nc(C)c(-c4ccccc4)c3n2)cc1. The van der Waals surface area contributed by atoms with Crippen LogP contribution in [0.1, 0.15) is 43.4 Å². The first-order valence-electron chi connectivity index (χ1n) is 15.4. The van der Waals surface area contributed by atoms with Crippen LogP contribution in [0.25, 0.3) is 28.0 Å². The van der Waals surface area contributed by atoms with Gasteiger partial charge in [0.15, 0.2) is 5.65 Å². The minimum Gasteiger partial charge on any atom is -0.395 e. The quantitative estimate of drug-likeness (QED) is 0.175. The largest absolute Gasteiger partial charge is 0.395 e. The predicted molar refractivity (Wildman–Crippen MR) is 171 cm³/mol. The summed E-state index contributed by atoms with van der Waals surface area (Å²) in [7, 11) is 3.17. The number of benzene rings is 2. The van der Waals surface area contributed by atoms with E-state index in [0.29, 0.717) is 13.0 Å². The van der Waals surface area contributed by atoms with Crippen molar-refractivity contribution in [1.29, 1.82) is 0 Å². The third-order valence-corrected chi connectivity index (χ3v) is 8.40. The van der Waals surface area contributed by atoms with Crippen LogP contribution in [0, 0.1) is 6.92 Å². The maximum absolute atomic E-state index is 11.9. The number of unbranched alkanes of at least 4 members (excludes halogenated alkanes) is 3. The first kappa shape index (κ1) is 30.7. The fourth-order valence-corrected chi connectivity index (χ4v) is 5.83. The van der Waals surface area contributed by atoms with E-state index in [-0.39, 0.29) is 12.5 Å². The van der Waals surface area contributed by atoms with E-state index in [9.17, 15) is 9.90 Å². The molecule has 2 aromatic heterocycles. The summed E-state index contributed by atoms with van der Waals surface area (Å²) >= 11 is 0. The molecule has 9 heteroatoms. The van der Waals surface area contributed by atoms with Crippen LogP contribution in [-0.2, 0) is 16.1 Å². The number of hydroxylamine groups is 2. The Labute approximate surface area is 254 Å². The highest BCUT2D eigenvalue weighted by molar-refractivity contribution is 5.83. The highest BCUT2D eigenvalue weighted by atomic mass is 16.7.